The summed E-state index contributed by atoms with van der Waals surface area (Å²) >= 11 is 0. The number of nitrogens with one attached hydrogen (secondary N) is 1. The number of benzene rings is 1. The van der Waals surface area contributed by atoms with Crippen LogP contribution in [0.5, 0.6) is 0 Å². The number of hydrogen-bond donors (Lipinski definition) is 2. The molecule has 3 unspecified atom stereocenters. The Kier molecular flexibility index (Phi) is 9.04. The monoisotopic (exact) mass is 546 g/mol. The summed E-state index contributed by atoms with van der Waals surface area (Å²) in [6, 6.07) is 2.65. The van der Waals surface area contributed by atoms with Gasteiger partial charge in [-0.3, -0.25) is 4.79 Å². The minimum atomic E-state index is -0.661. The van der Waals surface area contributed by atoms with Crippen LogP contribution in [-0.2, 0) is 9.63 Å². The second-order valence-corrected chi connectivity index (χ2v) is 11.0. The van der Waals surface area contributed by atoms with Gasteiger partial charge in [-0.2, -0.15) is 5.10 Å². The number of likely N-dealkylation sites (tertiary alicyclic amines) is 1. The third kappa shape index (κ3) is 6.84. The summed E-state index contributed by atoms with van der Waals surface area (Å²) in [5.74, 6) is -1.19. The maximum Gasteiger partial charge on any atom is 0.217 e. The molecule has 0 aliphatic carbocycles. The molecule has 1 aromatic carbocycles. The summed E-state index contributed by atoms with van der Waals surface area (Å²) in [6.07, 6.45) is 1.73. The number of carbonyl (C=O) groups is 1. The van der Waals surface area contributed by atoms with Crippen LogP contribution in [0.4, 0.5) is 14.5 Å². The van der Waals surface area contributed by atoms with Crippen molar-refractivity contribution in [3.63, 3.8) is 0 Å². The Labute approximate surface area is 228 Å². The van der Waals surface area contributed by atoms with Crippen LogP contribution < -0.4 is 16.0 Å². The fraction of sp³-hybridized carbons (Fsp3) is 0.630. The molecule has 0 saturated carbocycles. The molecular formula is C27H40F2N8O2. The third-order valence-corrected chi connectivity index (χ3v) is 7.56. The Hall–Kier alpha value is -3.28. The Bertz CT molecular complexity index is 1110. The molecule has 0 spiro atoms. The number of carbonyl (C=O) groups excluding carboxylic acids is 1. The van der Waals surface area contributed by atoms with Crippen LogP contribution in [0, 0.1) is 11.6 Å². The van der Waals surface area contributed by atoms with Crippen molar-refractivity contribution >= 4 is 29.0 Å². The van der Waals surface area contributed by atoms with E-state index >= 15 is 8.78 Å². The number of anilines is 1. The van der Waals surface area contributed by atoms with Crippen LogP contribution in [0.25, 0.3) is 0 Å². The molecule has 1 aromatic rings. The molecule has 0 aromatic heterocycles. The summed E-state index contributed by atoms with van der Waals surface area (Å²) in [5.41, 5.74) is 8.03. The number of amides is 1. The van der Waals surface area contributed by atoms with Crippen molar-refractivity contribution in [1.29, 1.82) is 0 Å². The van der Waals surface area contributed by atoms with Gasteiger partial charge in [0, 0.05) is 81.8 Å². The first-order chi connectivity index (χ1) is 18.5. The van der Waals surface area contributed by atoms with E-state index in [0.29, 0.717) is 42.8 Å². The van der Waals surface area contributed by atoms with E-state index < -0.39 is 11.6 Å². The molecule has 0 radical (unpaired) electrons. The summed E-state index contributed by atoms with van der Waals surface area (Å²) in [4.78, 5) is 22.5. The number of oxime groups is 1. The van der Waals surface area contributed by atoms with E-state index in [1.165, 1.54) is 19.1 Å². The Morgan fingerprint density at radius 3 is 2.36 bits per heavy atom. The van der Waals surface area contributed by atoms with Crippen molar-refractivity contribution in [3.05, 3.63) is 29.3 Å². The molecule has 214 valence electrons. The Balaban J connectivity index is 1.41. The van der Waals surface area contributed by atoms with Crippen molar-refractivity contribution in [1.82, 2.24) is 15.1 Å². The van der Waals surface area contributed by atoms with Crippen molar-refractivity contribution in [2.24, 2.45) is 21.1 Å². The van der Waals surface area contributed by atoms with Gasteiger partial charge >= 0.3 is 0 Å². The van der Waals surface area contributed by atoms with Crippen LogP contribution in [0.3, 0.4) is 0 Å². The normalized spacial score (nSPS) is 24.6. The highest BCUT2D eigenvalue weighted by molar-refractivity contribution is 6.01. The lowest BCUT2D eigenvalue weighted by atomic mass is 10.0. The molecule has 10 nitrogen and oxygen atoms in total. The average molecular weight is 547 g/mol. The van der Waals surface area contributed by atoms with E-state index in [1.54, 1.807) is 4.90 Å². The number of nitrogens with two attached hydrogens (primary N) is 1. The van der Waals surface area contributed by atoms with Gasteiger partial charge < -0.3 is 30.6 Å². The first-order valence-electron chi connectivity index (χ1n) is 13.7. The number of piperidine rings is 1. The zero-order valence-electron chi connectivity index (χ0n) is 23.5. The number of piperazine rings is 1. The van der Waals surface area contributed by atoms with Gasteiger partial charge in [0.05, 0.1) is 12.3 Å². The van der Waals surface area contributed by atoms with Crippen LogP contribution in [0.1, 0.15) is 59.4 Å². The van der Waals surface area contributed by atoms with E-state index in [-0.39, 0.29) is 36.3 Å². The van der Waals surface area contributed by atoms with Crippen LogP contribution in [-0.4, -0.2) is 90.0 Å². The maximum atomic E-state index is 15.4. The molecule has 1 amide bonds. The molecule has 3 N–H and O–H groups in total. The predicted molar refractivity (Wildman–Crippen MR) is 149 cm³/mol. The first-order valence-corrected chi connectivity index (χ1v) is 13.7. The van der Waals surface area contributed by atoms with Gasteiger partial charge in [0.15, 0.2) is 0 Å². The highest BCUT2D eigenvalue weighted by Crippen LogP contribution is 2.32. The van der Waals surface area contributed by atoms with Crippen LogP contribution >= 0.6 is 0 Å². The lowest BCUT2D eigenvalue weighted by Crippen LogP contribution is -2.60. The van der Waals surface area contributed by atoms with E-state index in [9.17, 15) is 4.79 Å². The van der Waals surface area contributed by atoms with E-state index in [2.05, 4.69) is 39.4 Å². The first kappa shape index (κ1) is 28.7. The van der Waals surface area contributed by atoms with Gasteiger partial charge in [0.2, 0.25) is 11.9 Å². The van der Waals surface area contributed by atoms with Crippen LogP contribution in [0.15, 0.2) is 27.5 Å². The maximum absolute atomic E-state index is 15.4. The van der Waals surface area contributed by atoms with Gasteiger partial charge in [-0.1, -0.05) is 5.16 Å². The SMILES string of the molecule is CC(=O)NCC1CC(c2cc(F)c(N3C(C)CN(/C(N)=N/N=C4CCN(C(C)C)CC4)CC3C)c(F)c2)=NO1. The summed E-state index contributed by atoms with van der Waals surface area (Å²) in [6.45, 7) is 12.7. The number of rotatable bonds is 6. The van der Waals surface area contributed by atoms with Crippen molar-refractivity contribution in [2.45, 2.75) is 78.1 Å². The van der Waals surface area contributed by atoms with Crippen molar-refractivity contribution in [2.75, 3.05) is 37.6 Å². The number of hydrogen-bond acceptors (Lipinski definition) is 7. The molecule has 3 aliphatic rings. The minimum absolute atomic E-state index is 0.0691. The van der Waals surface area contributed by atoms with Crippen molar-refractivity contribution in [3.8, 4) is 0 Å². The van der Waals surface area contributed by atoms with Gasteiger partial charge in [-0.25, -0.2) is 8.78 Å². The molecule has 0 bridgehead atoms. The summed E-state index contributed by atoms with van der Waals surface area (Å²) in [7, 11) is 0. The zero-order valence-corrected chi connectivity index (χ0v) is 23.5. The number of nitrogens with zero attached hydrogens (tertiary/aromatic N) is 6. The Morgan fingerprint density at radius 1 is 1.18 bits per heavy atom. The summed E-state index contributed by atoms with van der Waals surface area (Å²) in [5, 5.41) is 15.4. The van der Waals surface area contributed by atoms with E-state index in [0.717, 1.165) is 31.6 Å². The van der Waals surface area contributed by atoms with Gasteiger partial charge in [0.1, 0.15) is 23.4 Å². The van der Waals surface area contributed by atoms with Gasteiger partial charge in [0.25, 0.3) is 0 Å². The molecule has 12 heteroatoms. The standard InChI is InChI=1S/C27H40F2N8O2/c1-16(2)35-8-6-21(7-9-35)32-33-27(30)36-14-17(3)37(18(4)15-36)26-23(28)10-20(11-24(26)29)25-12-22(39-34-25)13-31-19(5)38/h10-11,16-18,22H,6-9,12-15H2,1-5H3,(H2,30,33)(H,31,38). The molecule has 39 heavy (non-hydrogen) atoms. The average Bonchev–Trinajstić information content (AvgIpc) is 3.36. The molecule has 2 fully saturated rings. The third-order valence-electron chi connectivity index (χ3n) is 7.56. The molecule has 4 rings (SSSR count). The molecule has 3 heterocycles. The fourth-order valence-electron chi connectivity index (χ4n) is 5.48. The number of halogens is 2. The van der Waals surface area contributed by atoms with Crippen LogP contribution in [0.2, 0.25) is 0 Å². The topological polar surface area (TPSA) is 111 Å². The molecule has 3 aliphatic heterocycles. The molecular weight excluding hydrogens is 506 g/mol. The van der Waals surface area contributed by atoms with Crippen molar-refractivity contribution < 1.29 is 18.4 Å². The molecule has 2 saturated heterocycles. The zero-order chi connectivity index (χ0) is 28.3. The Morgan fingerprint density at radius 2 is 1.79 bits per heavy atom. The molecule has 3 atom stereocenters. The number of guanidine groups is 1. The lowest BCUT2D eigenvalue weighted by Gasteiger charge is -2.46. The van der Waals surface area contributed by atoms with Gasteiger partial charge in [-0.05, 0) is 39.8 Å². The highest BCUT2D eigenvalue weighted by Gasteiger charge is 2.35. The second-order valence-electron chi connectivity index (χ2n) is 11.0. The minimum Gasteiger partial charge on any atom is -0.390 e. The largest absolute Gasteiger partial charge is 0.390 e. The predicted octanol–water partition coefficient (Wildman–Crippen LogP) is 2.67. The van der Waals surface area contributed by atoms with E-state index in [1.807, 2.05) is 18.7 Å². The summed E-state index contributed by atoms with van der Waals surface area (Å²) < 4.78 is 30.8. The quantitative estimate of drug-likeness (QED) is 0.323. The smallest absolute Gasteiger partial charge is 0.217 e. The van der Waals surface area contributed by atoms with Gasteiger partial charge in [-0.15, -0.1) is 5.10 Å². The van der Waals surface area contributed by atoms with E-state index in [4.69, 9.17) is 10.6 Å². The lowest BCUT2D eigenvalue weighted by molar-refractivity contribution is -0.119. The second kappa shape index (κ2) is 12.3. The highest BCUT2D eigenvalue weighted by atomic mass is 19.1. The fourth-order valence-corrected chi connectivity index (χ4v) is 5.48.